The van der Waals surface area contributed by atoms with Crippen LogP contribution in [0.5, 0.6) is 0 Å². The molecule has 106 valence electrons. The smallest absolute Gasteiger partial charge is 0.322 e. The van der Waals surface area contributed by atoms with Gasteiger partial charge in [-0.05, 0) is 22.0 Å². The van der Waals surface area contributed by atoms with Crippen LogP contribution >= 0.6 is 38.9 Å². The molecular formula is C8H8BrClN2O5S2. The SMILES string of the molecule is NC(=O)CC(NS(=O)(=O)c1cc(Cl)c(Br)s1)C(=O)O. The first-order chi connectivity index (χ1) is 8.63. The summed E-state index contributed by atoms with van der Waals surface area (Å²) in [5.41, 5.74) is 4.85. The van der Waals surface area contributed by atoms with E-state index in [1.807, 2.05) is 4.72 Å². The van der Waals surface area contributed by atoms with Crippen LogP contribution in [0, 0.1) is 0 Å². The number of carbonyl (C=O) groups is 2. The predicted molar refractivity (Wildman–Crippen MR) is 72.6 cm³/mol. The van der Waals surface area contributed by atoms with Gasteiger partial charge in [0.15, 0.2) is 0 Å². The van der Waals surface area contributed by atoms with Gasteiger partial charge in [0.1, 0.15) is 10.3 Å². The molecule has 11 heteroatoms. The van der Waals surface area contributed by atoms with Gasteiger partial charge in [-0.3, -0.25) is 9.59 Å². The summed E-state index contributed by atoms with van der Waals surface area (Å²) in [4.78, 5) is 21.5. The largest absolute Gasteiger partial charge is 0.480 e. The molecule has 1 amide bonds. The molecule has 1 rings (SSSR count). The standard InChI is InChI=1S/C8H8BrClN2O5S2/c9-7-3(10)1-6(18-7)19(16,17)12-4(8(14)15)2-5(11)13/h1,4,12H,2H2,(H2,11,13)(H,14,15). The van der Waals surface area contributed by atoms with E-state index in [1.165, 1.54) is 6.07 Å². The molecule has 0 aromatic carbocycles. The first kappa shape index (κ1) is 16.4. The number of carboxylic acids is 1. The van der Waals surface area contributed by atoms with Gasteiger partial charge in [0, 0.05) is 0 Å². The molecule has 0 radical (unpaired) electrons. The predicted octanol–water partition coefficient (Wildman–Crippen LogP) is 0.771. The van der Waals surface area contributed by atoms with Crippen LogP contribution in [-0.4, -0.2) is 31.4 Å². The Bertz CT molecular complexity index is 595. The zero-order valence-electron chi connectivity index (χ0n) is 9.09. The summed E-state index contributed by atoms with van der Waals surface area (Å²) in [6.45, 7) is 0. The van der Waals surface area contributed by atoms with E-state index in [2.05, 4.69) is 15.9 Å². The summed E-state index contributed by atoms with van der Waals surface area (Å²) in [6.07, 6.45) is -0.644. The van der Waals surface area contributed by atoms with Crippen LogP contribution in [0.2, 0.25) is 5.02 Å². The molecule has 4 N–H and O–H groups in total. The first-order valence-corrected chi connectivity index (χ1v) is 8.09. The fourth-order valence-corrected chi connectivity index (χ4v) is 4.69. The van der Waals surface area contributed by atoms with Crippen molar-refractivity contribution in [3.8, 4) is 0 Å². The number of halogens is 2. The van der Waals surface area contributed by atoms with E-state index in [-0.39, 0.29) is 9.23 Å². The minimum atomic E-state index is -4.09. The summed E-state index contributed by atoms with van der Waals surface area (Å²) in [5, 5.41) is 9.01. The van der Waals surface area contributed by atoms with Crippen molar-refractivity contribution in [1.29, 1.82) is 0 Å². The molecule has 0 fully saturated rings. The van der Waals surface area contributed by atoms with Crippen LogP contribution in [0.3, 0.4) is 0 Å². The van der Waals surface area contributed by atoms with E-state index >= 15 is 0 Å². The Labute approximate surface area is 125 Å². The lowest BCUT2D eigenvalue weighted by molar-refractivity contribution is -0.140. The van der Waals surface area contributed by atoms with Gasteiger partial charge < -0.3 is 10.8 Å². The van der Waals surface area contributed by atoms with Crippen LogP contribution in [0.25, 0.3) is 0 Å². The molecule has 0 aliphatic heterocycles. The molecule has 7 nitrogen and oxygen atoms in total. The van der Waals surface area contributed by atoms with Crippen LogP contribution in [0.15, 0.2) is 14.1 Å². The van der Waals surface area contributed by atoms with E-state index in [0.717, 1.165) is 11.3 Å². The third-order valence-electron chi connectivity index (χ3n) is 1.89. The molecule has 0 aliphatic carbocycles. The molecule has 0 saturated heterocycles. The Morgan fingerprint density at radius 2 is 2.16 bits per heavy atom. The van der Waals surface area contributed by atoms with Crippen molar-refractivity contribution in [3.63, 3.8) is 0 Å². The molecule has 0 spiro atoms. The van der Waals surface area contributed by atoms with Crippen LogP contribution in [-0.2, 0) is 19.6 Å². The van der Waals surface area contributed by atoms with E-state index < -0.39 is 34.4 Å². The van der Waals surface area contributed by atoms with E-state index in [4.69, 9.17) is 22.4 Å². The summed E-state index contributed by atoms with van der Waals surface area (Å²) in [7, 11) is -4.09. The topological polar surface area (TPSA) is 127 Å². The van der Waals surface area contributed by atoms with Crippen molar-refractivity contribution in [3.05, 3.63) is 14.9 Å². The van der Waals surface area contributed by atoms with Gasteiger partial charge in [0.05, 0.1) is 15.2 Å². The lowest BCUT2D eigenvalue weighted by atomic mass is 10.2. The maximum absolute atomic E-state index is 11.9. The van der Waals surface area contributed by atoms with Gasteiger partial charge in [-0.1, -0.05) is 11.6 Å². The molecule has 1 aromatic heterocycles. The van der Waals surface area contributed by atoms with E-state index in [0.29, 0.717) is 3.79 Å². The number of nitrogens with two attached hydrogens (primary N) is 1. The Kier molecular flexibility index (Phi) is 5.33. The minimum Gasteiger partial charge on any atom is -0.480 e. The monoisotopic (exact) mass is 390 g/mol. The molecule has 1 atom stereocenters. The quantitative estimate of drug-likeness (QED) is 0.660. The Morgan fingerprint density at radius 1 is 1.58 bits per heavy atom. The van der Waals surface area contributed by atoms with Gasteiger partial charge in [0.2, 0.25) is 5.91 Å². The zero-order valence-corrected chi connectivity index (χ0v) is 13.1. The van der Waals surface area contributed by atoms with Crippen LogP contribution < -0.4 is 10.5 Å². The number of hydrogen-bond acceptors (Lipinski definition) is 5. The number of thiophene rings is 1. The van der Waals surface area contributed by atoms with Crippen molar-refractivity contribution in [2.75, 3.05) is 0 Å². The number of sulfonamides is 1. The highest BCUT2D eigenvalue weighted by Crippen LogP contribution is 2.34. The minimum absolute atomic E-state index is 0.167. The fraction of sp³-hybridized carbons (Fsp3) is 0.250. The van der Waals surface area contributed by atoms with Crippen molar-refractivity contribution in [2.24, 2.45) is 5.73 Å². The summed E-state index contributed by atoms with van der Waals surface area (Å²) in [5.74, 6) is -2.43. The van der Waals surface area contributed by atoms with Gasteiger partial charge >= 0.3 is 5.97 Å². The number of carbonyl (C=O) groups excluding carboxylic acids is 1. The summed E-state index contributed by atoms with van der Waals surface area (Å²) < 4.78 is 25.9. The molecule has 1 aromatic rings. The zero-order chi connectivity index (χ0) is 14.8. The van der Waals surface area contributed by atoms with E-state index in [1.54, 1.807) is 0 Å². The average molecular weight is 392 g/mol. The lowest BCUT2D eigenvalue weighted by Gasteiger charge is -2.11. The maximum Gasteiger partial charge on any atom is 0.322 e. The highest BCUT2D eigenvalue weighted by molar-refractivity contribution is 9.11. The van der Waals surface area contributed by atoms with Gasteiger partial charge in [-0.2, -0.15) is 4.72 Å². The highest BCUT2D eigenvalue weighted by atomic mass is 79.9. The molecule has 0 saturated carbocycles. The molecule has 0 aliphatic rings. The third kappa shape index (κ3) is 4.42. The van der Waals surface area contributed by atoms with Crippen LogP contribution in [0.1, 0.15) is 6.42 Å². The second-order valence-corrected chi connectivity index (χ2v) is 8.09. The molecule has 1 heterocycles. The molecule has 19 heavy (non-hydrogen) atoms. The van der Waals surface area contributed by atoms with Crippen molar-refractivity contribution in [2.45, 2.75) is 16.7 Å². The number of hydrogen-bond donors (Lipinski definition) is 3. The van der Waals surface area contributed by atoms with Crippen LogP contribution in [0.4, 0.5) is 0 Å². The lowest BCUT2D eigenvalue weighted by Crippen LogP contribution is -2.43. The van der Waals surface area contributed by atoms with Crippen molar-refractivity contribution in [1.82, 2.24) is 4.72 Å². The Balaban J connectivity index is 3.00. The van der Waals surface area contributed by atoms with Crippen molar-refractivity contribution >= 4 is 60.8 Å². The number of primary amides is 1. The average Bonchev–Trinajstić information content (AvgIpc) is 2.58. The summed E-state index contributed by atoms with van der Waals surface area (Å²) >= 11 is 9.57. The second kappa shape index (κ2) is 6.18. The number of rotatable bonds is 6. The number of carboxylic acid groups (broad SMARTS) is 1. The fourth-order valence-electron chi connectivity index (χ4n) is 1.09. The molecule has 0 bridgehead atoms. The van der Waals surface area contributed by atoms with E-state index in [9.17, 15) is 18.0 Å². The van der Waals surface area contributed by atoms with Gasteiger partial charge in [-0.25, -0.2) is 8.42 Å². The summed E-state index contributed by atoms with van der Waals surface area (Å²) in [6, 6.07) is -0.455. The Hall–Kier alpha value is -0.680. The number of amides is 1. The maximum atomic E-state index is 11.9. The van der Waals surface area contributed by atoms with Gasteiger partial charge in [-0.15, -0.1) is 11.3 Å². The Morgan fingerprint density at radius 3 is 2.53 bits per heavy atom. The normalized spacial score (nSPS) is 13.2. The second-order valence-electron chi connectivity index (χ2n) is 3.37. The number of aliphatic carboxylic acids is 1. The first-order valence-electron chi connectivity index (χ1n) is 4.61. The third-order valence-corrected chi connectivity index (χ3v) is 6.31. The highest BCUT2D eigenvalue weighted by Gasteiger charge is 2.28. The number of nitrogens with one attached hydrogen (secondary N) is 1. The van der Waals surface area contributed by atoms with Crippen molar-refractivity contribution < 1.29 is 23.1 Å². The van der Waals surface area contributed by atoms with Gasteiger partial charge in [0.25, 0.3) is 10.0 Å². The molecule has 1 unspecified atom stereocenters. The molecular weight excluding hydrogens is 384 g/mol.